The summed E-state index contributed by atoms with van der Waals surface area (Å²) in [7, 11) is -2.27. The van der Waals surface area contributed by atoms with Gasteiger partial charge in [-0.3, -0.25) is 9.10 Å². The number of amides is 1. The van der Waals surface area contributed by atoms with Crippen molar-refractivity contribution >= 4 is 21.6 Å². The molecule has 0 bridgehead atoms. The number of sulfonamides is 1. The molecule has 0 aliphatic heterocycles. The summed E-state index contributed by atoms with van der Waals surface area (Å²) in [5.41, 5.74) is 0.723. The van der Waals surface area contributed by atoms with Gasteiger partial charge in [-0.25, -0.2) is 8.42 Å². The summed E-state index contributed by atoms with van der Waals surface area (Å²) < 4.78 is 27.0. The van der Waals surface area contributed by atoms with Gasteiger partial charge >= 0.3 is 0 Å². The van der Waals surface area contributed by atoms with Crippen LogP contribution in [0, 0.1) is 5.92 Å². The van der Waals surface area contributed by atoms with E-state index in [1.807, 2.05) is 0 Å². The fraction of sp³-hybridized carbons (Fsp3) is 0.409. The highest BCUT2D eigenvalue weighted by Crippen LogP contribution is 2.25. The molecule has 2 rings (SSSR count). The minimum atomic E-state index is -3.74. The standard InChI is InChI=1S/C22H30N2O3S/c1-4-6-12-18(5-2)17-23-22(25)20-15-10-11-16-21(20)24(3)28(26,27)19-13-8-7-9-14-19/h7-11,13-16,18H,4-6,12,17H2,1-3H3,(H,23,25). The van der Waals surface area contributed by atoms with E-state index in [9.17, 15) is 13.2 Å². The topological polar surface area (TPSA) is 66.5 Å². The molecule has 152 valence electrons. The second kappa shape index (κ2) is 10.3. The second-order valence-corrected chi connectivity index (χ2v) is 8.90. The van der Waals surface area contributed by atoms with Crippen LogP contribution in [0.1, 0.15) is 49.9 Å². The van der Waals surface area contributed by atoms with Crippen LogP contribution in [0.5, 0.6) is 0 Å². The van der Waals surface area contributed by atoms with Crippen LogP contribution in [-0.4, -0.2) is 27.9 Å². The zero-order valence-corrected chi connectivity index (χ0v) is 17.7. The Hall–Kier alpha value is -2.34. The first-order valence-electron chi connectivity index (χ1n) is 9.83. The van der Waals surface area contributed by atoms with E-state index in [2.05, 4.69) is 19.2 Å². The third-order valence-electron chi connectivity index (χ3n) is 4.98. The van der Waals surface area contributed by atoms with Crippen molar-refractivity contribution in [1.82, 2.24) is 5.32 Å². The van der Waals surface area contributed by atoms with E-state index in [-0.39, 0.29) is 10.8 Å². The average Bonchev–Trinajstić information content (AvgIpc) is 2.73. The van der Waals surface area contributed by atoms with Gasteiger partial charge in [0, 0.05) is 13.6 Å². The molecule has 2 aromatic carbocycles. The fourth-order valence-electron chi connectivity index (χ4n) is 3.10. The Morgan fingerprint density at radius 1 is 1.04 bits per heavy atom. The number of rotatable bonds is 10. The molecule has 0 aliphatic carbocycles. The first-order valence-corrected chi connectivity index (χ1v) is 11.3. The minimum Gasteiger partial charge on any atom is -0.352 e. The number of anilines is 1. The minimum absolute atomic E-state index is 0.193. The molecule has 2 aromatic rings. The Morgan fingerprint density at radius 2 is 1.68 bits per heavy atom. The molecule has 0 heterocycles. The third-order valence-corrected chi connectivity index (χ3v) is 6.77. The first-order chi connectivity index (χ1) is 13.4. The lowest BCUT2D eigenvalue weighted by Gasteiger charge is -2.22. The van der Waals surface area contributed by atoms with E-state index < -0.39 is 10.0 Å². The molecule has 0 fully saturated rings. The summed E-state index contributed by atoms with van der Waals surface area (Å²) in [6.45, 7) is 4.88. The van der Waals surface area contributed by atoms with Gasteiger partial charge in [0.2, 0.25) is 0 Å². The lowest BCUT2D eigenvalue weighted by Crippen LogP contribution is -2.32. The van der Waals surface area contributed by atoms with Crippen molar-refractivity contribution in [2.24, 2.45) is 5.92 Å². The van der Waals surface area contributed by atoms with Crippen molar-refractivity contribution < 1.29 is 13.2 Å². The predicted molar refractivity (Wildman–Crippen MR) is 114 cm³/mol. The lowest BCUT2D eigenvalue weighted by atomic mass is 9.99. The van der Waals surface area contributed by atoms with Crippen LogP contribution in [0.25, 0.3) is 0 Å². The van der Waals surface area contributed by atoms with Gasteiger partial charge < -0.3 is 5.32 Å². The van der Waals surface area contributed by atoms with Crippen molar-refractivity contribution in [3.8, 4) is 0 Å². The lowest BCUT2D eigenvalue weighted by molar-refractivity contribution is 0.0946. The Kier molecular flexibility index (Phi) is 8.05. The highest BCUT2D eigenvalue weighted by atomic mass is 32.2. The van der Waals surface area contributed by atoms with Crippen LogP contribution in [0.2, 0.25) is 0 Å². The Balaban J connectivity index is 2.21. The van der Waals surface area contributed by atoms with Crippen molar-refractivity contribution in [3.05, 3.63) is 60.2 Å². The Bertz CT molecular complexity index is 866. The summed E-state index contributed by atoms with van der Waals surface area (Å²) in [5.74, 6) is 0.183. The number of carbonyl (C=O) groups excluding carboxylic acids is 1. The van der Waals surface area contributed by atoms with E-state index in [1.165, 1.54) is 11.4 Å². The van der Waals surface area contributed by atoms with Gasteiger partial charge in [0.05, 0.1) is 16.1 Å². The van der Waals surface area contributed by atoms with Crippen molar-refractivity contribution in [3.63, 3.8) is 0 Å². The number of benzene rings is 2. The van der Waals surface area contributed by atoms with Crippen LogP contribution < -0.4 is 9.62 Å². The largest absolute Gasteiger partial charge is 0.352 e. The number of unbranched alkanes of at least 4 members (excludes halogenated alkanes) is 1. The van der Waals surface area contributed by atoms with Crippen molar-refractivity contribution in [1.29, 1.82) is 0 Å². The van der Waals surface area contributed by atoms with E-state index in [1.54, 1.807) is 54.6 Å². The first kappa shape index (κ1) is 22.0. The molecule has 1 N–H and O–H groups in total. The molecule has 1 atom stereocenters. The van der Waals surface area contributed by atoms with Crippen LogP contribution in [-0.2, 0) is 10.0 Å². The van der Waals surface area contributed by atoms with Crippen LogP contribution >= 0.6 is 0 Å². The number of carbonyl (C=O) groups is 1. The van der Waals surface area contributed by atoms with Crippen molar-refractivity contribution in [2.75, 3.05) is 17.9 Å². The normalized spacial score (nSPS) is 12.4. The van der Waals surface area contributed by atoms with Gasteiger partial charge in [-0.1, -0.05) is 63.4 Å². The average molecular weight is 403 g/mol. The van der Waals surface area contributed by atoms with Gasteiger partial charge in [-0.15, -0.1) is 0 Å². The SMILES string of the molecule is CCCCC(CC)CNC(=O)c1ccccc1N(C)S(=O)(=O)c1ccccc1. The molecule has 0 saturated carbocycles. The maximum atomic E-state index is 12.9. The summed E-state index contributed by atoms with van der Waals surface area (Å²) in [6, 6.07) is 15.0. The number of hydrogen-bond donors (Lipinski definition) is 1. The summed E-state index contributed by atoms with van der Waals surface area (Å²) in [4.78, 5) is 13.0. The van der Waals surface area contributed by atoms with E-state index in [0.29, 0.717) is 23.7 Å². The van der Waals surface area contributed by atoms with Gasteiger partial charge in [-0.2, -0.15) is 0 Å². The summed E-state index contributed by atoms with van der Waals surface area (Å²) in [5, 5.41) is 2.98. The van der Waals surface area contributed by atoms with Crippen LogP contribution in [0.4, 0.5) is 5.69 Å². The fourth-order valence-corrected chi connectivity index (χ4v) is 4.33. The highest BCUT2D eigenvalue weighted by molar-refractivity contribution is 7.92. The van der Waals surface area contributed by atoms with Gasteiger partial charge in [0.15, 0.2) is 0 Å². The van der Waals surface area contributed by atoms with Crippen molar-refractivity contribution in [2.45, 2.75) is 44.4 Å². The number of nitrogens with one attached hydrogen (secondary N) is 1. The molecule has 1 amide bonds. The molecular weight excluding hydrogens is 372 g/mol. The molecule has 0 aromatic heterocycles. The van der Waals surface area contributed by atoms with Gasteiger partial charge in [-0.05, 0) is 36.6 Å². The quantitative estimate of drug-likeness (QED) is 0.638. The third kappa shape index (κ3) is 5.35. The van der Waals surface area contributed by atoms with E-state index >= 15 is 0 Å². The Morgan fingerprint density at radius 3 is 2.32 bits per heavy atom. The zero-order valence-electron chi connectivity index (χ0n) is 16.9. The Labute approximate surface area is 168 Å². The number of nitrogens with zero attached hydrogens (tertiary/aromatic N) is 1. The summed E-state index contributed by atoms with van der Waals surface area (Å²) >= 11 is 0. The molecule has 1 unspecified atom stereocenters. The highest BCUT2D eigenvalue weighted by Gasteiger charge is 2.25. The molecule has 28 heavy (non-hydrogen) atoms. The molecule has 0 aliphatic rings. The molecule has 6 heteroatoms. The number of para-hydroxylation sites is 1. The van der Waals surface area contributed by atoms with Crippen LogP contribution in [0.15, 0.2) is 59.5 Å². The maximum Gasteiger partial charge on any atom is 0.264 e. The molecule has 0 spiro atoms. The monoisotopic (exact) mass is 402 g/mol. The predicted octanol–water partition coefficient (Wildman–Crippen LogP) is 4.46. The van der Waals surface area contributed by atoms with E-state index in [4.69, 9.17) is 0 Å². The molecule has 0 saturated heterocycles. The molecule has 0 radical (unpaired) electrons. The zero-order chi connectivity index (χ0) is 20.6. The second-order valence-electron chi connectivity index (χ2n) is 6.93. The number of hydrogen-bond acceptors (Lipinski definition) is 3. The molecular formula is C22H30N2O3S. The van der Waals surface area contributed by atoms with Gasteiger partial charge in [0.25, 0.3) is 15.9 Å². The molecule has 5 nitrogen and oxygen atoms in total. The van der Waals surface area contributed by atoms with Gasteiger partial charge in [0.1, 0.15) is 0 Å². The smallest absolute Gasteiger partial charge is 0.264 e. The maximum absolute atomic E-state index is 12.9. The van der Waals surface area contributed by atoms with E-state index in [0.717, 1.165) is 25.7 Å². The van der Waals surface area contributed by atoms with Crippen LogP contribution in [0.3, 0.4) is 0 Å². The summed E-state index contributed by atoms with van der Waals surface area (Å²) in [6.07, 6.45) is 4.36.